The van der Waals surface area contributed by atoms with Gasteiger partial charge < -0.3 is 19.1 Å². The van der Waals surface area contributed by atoms with Crippen LogP contribution in [0.1, 0.15) is 27.7 Å². The van der Waals surface area contributed by atoms with Crippen molar-refractivity contribution < 1.29 is 19.0 Å². The number of nitrogens with zero attached hydrogens (tertiary/aromatic N) is 2. The van der Waals surface area contributed by atoms with Gasteiger partial charge in [0.05, 0.1) is 30.3 Å². The van der Waals surface area contributed by atoms with Crippen LogP contribution in [-0.2, 0) is 9.47 Å². The van der Waals surface area contributed by atoms with Gasteiger partial charge in [-0.1, -0.05) is 24.3 Å². The van der Waals surface area contributed by atoms with Crippen LogP contribution in [0.5, 0.6) is 5.75 Å². The van der Waals surface area contributed by atoms with E-state index in [0.717, 1.165) is 21.7 Å². The number of aromatic nitrogens is 2. The summed E-state index contributed by atoms with van der Waals surface area (Å²) in [6.07, 6.45) is -0.542. The Balaban J connectivity index is 1.88. The number of rotatable bonds is 7. The van der Waals surface area contributed by atoms with Crippen LogP contribution in [0.15, 0.2) is 41.8 Å². The fraction of sp³-hybridized carbons (Fsp3) is 0.300. The van der Waals surface area contributed by atoms with Gasteiger partial charge in [-0.25, -0.2) is 0 Å². The molecule has 3 heterocycles. The van der Waals surface area contributed by atoms with Crippen LogP contribution in [0.4, 0.5) is 0 Å². The maximum atomic E-state index is 13.2. The van der Waals surface area contributed by atoms with Gasteiger partial charge in [0.1, 0.15) is 5.75 Å². The van der Waals surface area contributed by atoms with Crippen molar-refractivity contribution in [1.29, 1.82) is 0 Å². The molecule has 4 rings (SSSR count). The van der Waals surface area contributed by atoms with Gasteiger partial charge in [-0.3, -0.25) is 9.89 Å². The van der Waals surface area contributed by atoms with E-state index in [1.807, 2.05) is 41.8 Å². The van der Waals surface area contributed by atoms with Crippen LogP contribution in [0.2, 0.25) is 0 Å². The summed E-state index contributed by atoms with van der Waals surface area (Å²) >= 11 is 1.60. The van der Waals surface area contributed by atoms with Crippen molar-refractivity contribution in [3.63, 3.8) is 0 Å². The Kier molecular flexibility index (Phi) is 5.17. The first-order valence-electron chi connectivity index (χ1n) is 8.81. The molecule has 2 aromatic heterocycles. The first-order valence-corrected chi connectivity index (χ1v) is 9.69. The fourth-order valence-electron chi connectivity index (χ4n) is 3.61. The fourth-order valence-corrected chi connectivity index (χ4v) is 4.34. The number of carbonyl (C=O) groups excluding carboxylic acids is 1. The molecule has 0 saturated heterocycles. The molecule has 0 saturated carbocycles. The number of aromatic amines is 1. The topological polar surface area (TPSA) is 76.7 Å². The predicted octanol–water partition coefficient (Wildman–Crippen LogP) is 3.31. The number of H-pyrrole nitrogens is 1. The number of hydrogen-bond donors (Lipinski definition) is 1. The summed E-state index contributed by atoms with van der Waals surface area (Å²) in [5.74, 6) is 0.548. The quantitative estimate of drug-likeness (QED) is 0.617. The SMILES string of the molecule is COc1ccccc1C1c2c(n[nH]c2-c2cccs2)C(=O)N1CC(OC)OC. The van der Waals surface area contributed by atoms with Crippen molar-refractivity contribution in [1.82, 2.24) is 15.1 Å². The van der Waals surface area contributed by atoms with Crippen molar-refractivity contribution in [3.8, 4) is 16.3 Å². The molecule has 1 N–H and O–H groups in total. The Morgan fingerprint density at radius 3 is 2.64 bits per heavy atom. The number of fused-ring (bicyclic) bond motifs is 1. The highest BCUT2D eigenvalue weighted by atomic mass is 32.1. The second-order valence-corrected chi connectivity index (χ2v) is 7.29. The van der Waals surface area contributed by atoms with Crippen molar-refractivity contribution in [2.45, 2.75) is 12.3 Å². The molecule has 7 nitrogen and oxygen atoms in total. The third-order valence-electron chi connectivity index (χ3n) is 4.93. The number of para-hydroxylation sites is 1. The molecule has 146 valence electrons. The molecule has 0 radical (unpaired) electrons. The van der Waals surface area contributed by atoms with Crippen molar-refractivity contribution in [3.05, 3.63) is 58.6 Å². The van der Waals surface area contributed by atoms with E-state index in [0.29, 0.717) is 11.4 Å². The minimum absolute atomic E-state index is 0.163. The van der Waals surface area contributed by atoms with E-state index in [1.165, 1.54) is 0 Å². The maximum absolute atomic E-state index is 13.2. The lowest BCUT2D eigenvalue weighted by Gasteiger charge is -2.29. The summed E-state index contributed by atoms with van der Waals surface area (Å²) in [5.41, 5.74) is 3.01. The van der Waals surface area contributed by atoms with E-state index in [1.54, 1.807) is 37.6 Å². The summed E-state index contributed by atoms with van der Waals surface area (Å²) < 4.78 is 16.3. The summed E-state index contributed by atoms with van der Waals surface area (Å²) in [5, 5.41) is 9.40. The molecular formula is C20H21N3O4S. The molecule has 1 aromatic carbocycles. The summed E-state index contributed by atoms with van der Waals surface area (Å²) in [6.45, 7) is 0.273. The number of amides is 1. The number of nitrogens with one attached hydrogen (secondary N) is 1. The largest absolute Gasteiger partial charge is 0.496 e. The van der Waals surface area contributed by atoms with Gasteiger partial charge in [-0.15, -0.1) is 11.3 Å². The molecular weight excluding hydrogens is 378 g/mol. The van der Waals surface area contributed by atoms with Gasteiger partial charge in [0.25, 0.3) is 5.91 Å². The number of ether oxygens (including phenoxy) is 3. The molecule has 1 aliphatic rings. The Labute approximate surface area is 166 Å². The molecule has 0 bridgehead atoms. The van der Waals surface area contributed by atoms with Gasteiger partial charge in [-0.2, -0.15) is 5.10 Å². The number of thiophene rings is 1. The minimum Gasteiger partial charge on any atom is -0.496 e. The van der Waals surface area contributed by atoms with Gasteiger partial charge in [0.2, 0.25) is 0 Å². The van der Waals surface area contributed by atoms with Gasteiger partial charge in [-0.05, 0) is 17.5 Å². The highest BCUT2D eigenvalue weighted by Crippen LogP contribution is 2.45. The van der Waals surface area contributed by atoms with Crippen LogP contribution < -0.4 is 4.74 Å². The highest BCUT2D eigenvalue weighted by molar-refractivity contribution is 7.13. The van der Waals surface area contributed by atoms with Crippen LogP contribution >= 0.6 is 11.3 Å². The summed E-state index contributed by atoms with van der Waals surface area (Å²) in [6, 6.07) is 11.3. The molecule has 1 aliphatic heterocycles. The van der Waals surface area contributed by atoms with E-state index < -0.39 is 6.29 Å². The predicted molar refractivity (Wildman–Crippen MR) is 106 cm³/mol. The Bertz CT molecular complexity index is 966. The lowest BCUT2D eigenvalue weighted by atomic mass is 9.97. The van der Waals surface area contributed by atoms with Gasteiger partial charge >= 0.3 is 0 Å². The van der Waals surface area contributed by atoms with Crippen LogP contribution in [0.25, 0.3) is 10.6 Å². The standard InChI is InChI=1S/C20H21N3O4S/c1-25-13-8-5-4-7-12(13)19-16-17(14-9-6-10-28-14)21-22-18(16)20(24)23(19)11-15(26-2)27-3/h4-10,15,19H,11H2,1-3H3,(H,21,22). The first-order chi connectivity index (χ1) is 13.7. The lowest BCUT2D eigenvalue weighted by Crippen LogP contribution is -2.38. The van der Waals surface area contributed by atoms with Crippen LogP contribution in [0, 0.1) is 0 Å². The lowest BCUT2D eigenvalue weighted by molar-refractivity contribution is -0.113. The zero-order valence-corrected chi connectivity index (χ0v) is 16.7. The Morgan fingerprint density at radius 1 is 1.18 bits per heavy atom. The van der Waals surface area contributed by atoms with E-state index in [4.69, 9.17) is 14.2 Å². The smallest absolute Gasteiger partial charge is 0.275 e. The number of hydrogen-bond acceptors (Lipinski definition) is 6. The molecule has 3 aromatic rings. The van der Waals surface area contributed by atoms with E-state index in [-0.39, 0.29) is 18.5 Å². The third kappa shape index (κ3) is 2.99. The van der Waals surface area contributed by atoms with Crippen LogP contribution in [-0.4, -0.2) is 55.2 Å². The number of methoxy groups -OCH3 is 3. The van der Waals surface area contributed by atoms with Crippen molar-refractivity contribution >= 4 is 17.2 Å². The maximum Gasteiger partial charge on any atom is 0.275 e. The number of benzene rings is 1. The molecule has 1 amide bonds. The molecule has 1 atom stereocenters. The monoisotopic (exact) mass is 399 g/mol. The normalized spacial score (nSPS) is 16.1. The zero-order valence-electron chi connectivity index (χ0n) is 15.8. The number of carbonyl (C=O) groups is 1. The average Bonchev–Trinajstić information content (AvgIpc) is 3.44. The van der Waals surface area contributed by atoms with E-state index >= 15 is 0 Å². The molecule has 1 unspecified atom stereocenters. The third-order valence-corrected chi connectivity index (χ3v) is 5.81. The summed E-state index contributed by atoms with van der Waals surface area (Å²) in [4.78, 5) is 16.0. The molecule has 0 spiro atoms. The molecule has 28 heavy (non-hydrogen) atoms. The van der Waals surface area contributed by atoms with Crippen LogP contribution in [0.3, 0.4) is 0 Å². The second kappa shape index (κ2) is 7.75. The second-order valence-electron chi connectivity index (χ2n) is 6.34. The molecule has 0 aliphatic carbocycles. The van der Waals surface area contributed by atoms with Gasteiger partial charge in [0.15, 0.2) is 12.0 Å². The summed E-state index contributed by atoms with van der Waals surface area (Å²) in [7, 11) is 4.75. The molecule has 0 fully saturated rings. The molecule has 8 heteroatoms. The van der Waals surface area contributed by atoms with Gasteiger partial charge in [0, 0.05) is 25.3 Å². The average molecular weight is 399 g/mol. The van der Waals surface area contributed by atoms with Crippen molar-refractivity contribution in [2.75, 3.05) is 27.9 Å². The first kappa shape index (κ1) is 18.7. The van der Waals surface area contributed by atoms with E-state index in [2.05, 4.69) is 10.2 Å². The highest BCUT2D eigenvalue weighted by Gasteiger charge is 2.44. The van der Waals surface area contributed by atoms with E-state index in [9.17, 15) is 4.79 Å². The Morgan fingerprint density at radius 2 is 1.96 bits per heavy atom. The Hall–Kier alpha value is -2.68. The minimum atomic E-state index is -0.542. The zero-order chi connectivity index (χ0) is 19.7. The van der Waals surface area contributed by atoms with Crippen molar-refractivity contribution in [2.24, 2.45) is 0 Å².